The molecule has 1 fully saturated rings. The molecule has 1 aromatic carbocycles. The third-order valence-electron chi connectivity index (χ3n) is 6.62. The summed E-state index contributed by atoms with van der Waals surface area (Å²) in [7, 11) is 0. The number of rotatable bonds is 9. The Morgan fingerprint density at radius 1 is 1.09 bits per heavy atom. The molecule has 0 unspecified atom stereocenters. The first-order valence-corrected chi connectivity index (χ1v) is 12.2. The smallest absolute Gasteiger partial charge is 0.257 e. The number of likely N-dealkylation sites (tertiary alicyclic amines) is 1. The third-order valence-corrected chi connectivity index (χ3v) is 6.62. The van der Waals surface area contributed by atoms with E-state index in [1.54, 1.807) is 18.5 Å². The Hall–Kier alpha value is -3.74. The van der Waals surface area contributed by atoms with E-state index >= 15 is 0 Å². The van der Waals surface area contributed by atoms with Gasteiger partial charge in [-0.3, -0.25) is 19.4 Å². The molecule has 182 valence electrons. The number of aryl methyl sites for hydroxylation is 2. The molecule has 1 N–H and O–H groups in total. The second kappa shape index (κ2) is 11.1. The van der Waals surface area contributed by atoms with Crippen molar-refractivity contribution in [3.8, 4) is 0 Å². The van der Waals surface area contributed by atoms with Crippen molar-refractivity contribution in [2.75, 3.05) is 19.6 Å². The number of nitrogens with zero attached hydrogens (tertiary/aromatic N) is 3. The van der Waals surface area contributed by atoms with Crippen LogP contribution < -0.4 is 10.7 Å². The van der Waals surface area contributed by atoms with Crippen molar-refractivity contribution in [3.63, 3.8) is 0 Å². The van der Waals surface area contributed by atoms with E-state index in [-0.39, 0.29) is 22.8 Å². The van der Waals surface area contributed by atoms with Crippen LogP contribution in [0.3, 0.4) is 0 Å². The summed E-state index contributed by atoms with van der Waals surface area (Å²) in [5.41, 5.74) is 4.64. The Bertz CT molecular complexity index is 1270. The summed E-state index contributed by atoms with van der Waals surface area (Å²) in [6, 6.07) is 13.5. The van der Waals surface area contributed by atoms with Crippen molar-refractivity contribution < 1.29 is 9.59 Å². The van der Waals surface area contributed by atoms with Gasteiger partial charge >= 0.3 is 0 Å². The highest BCUT2D eigenvalue weighted by Gasteiger charge is 2.22. The third kappa shape index (κ3) is 5.85. The second-order valence-electron chi connectivity index (χ2n) is 9.11. The van der Waals surface area contributed by atoms with Gasteiger partial charge in [0.05, 0.1) is 0 Å². The van der Waals surface area contributed by atoms with Crippen molar-refractivity contribution >= 4 is 11.8 Å². The van der Waals surface area contributed by atoms with Crippen LogP contribution in [-0.2, 0) is 17.8 Å². The predicted molar refractivity (Wildman–Crippen MR) is 136 cm³/mol. The van der Waals surface area contributed by atoms with Crippen LogP contribution in [0.2, 0.25) is 0 Å². The number of carbonyl (C=O) groups excluding carboxylic acids is 2. The van der Waals surface area contributed by atoms with E-state index in [0.29, 0.717) is 44.6 Å². The van der Waals surface area contributed by atoms with Gasteiger partial charge < -0.3 is 14.8 Å². The number of pyridine rings is 2. The van der Waals surface area contributed by atoms with Crippen LogP contribution in [0.1, 0.15) is 57.7 Å². The molecule has 2 amide bonds. The number of benzene rings is 1. The van der Waals surface area contributed by atoms with Gasteiger partial charge in [-0.1, -0.05) is 24.3 Å². The van der Waals surface area contributed by atoms with Crippen molar-refractivity contribution in [2.24, 2.45) is 0 Å². The van der Waals surface area contributed by atoms with Crippen molar-refractivity contribution in [1.29, 1.82) is 0 Å². The molecule has 1 aliphatic heterocycles. The summed E-state index contributed by atoms with van der Waals surface area (Å²) in [4.78, 5) is 44.2. The van der Waals surface area contributed by atoms with Crippen molar-refractivity contribution in [3.05, 3.63) is 98.7 Å². The average molecular weight is 473 g/mol. The molecule has 7 nitrogen and oxygen atoms in total. The topological polar surface area (TPSA) is 84.3 Å². The highest BCUT2D eigenvalue weighted by atomic mass is 16.2. The van der Waals surface area contributed by atoms with E-state index < -0.39 is 0 Å². The summed E-state index contributed by atoms with van der Waals surface area (Å²) < 4.78 is 2.06. The van der Waals surface area contributed by atoms with Crippen LogP contribution in [0.5, 0.6) is 0 Å². The van der Waals surface area contributed by atoms with Gasteiger partial charge in [-0.25, -0.2) is 0 Å². The molecular formula is C28H32N4O3. The molecule has 7 heteroatoms. The van der Waals surface area contributed by atoms with E-state index in [1.807, 2.05) is 55.1 Å². The quantitative estimate of drug-likeness (QED) is 0.485. The molecule has 1 aliphatic rings. The highest BCUT2D eigenvalue weighted by Crippen LogP contribution is 2.19. The fourth-order valence-corrected chi connectivity index (χ4v) is 4.64. The van der Waals surface area contributed by atoms with Gasteiger partial charge in [0.1, 0.15) is 5.56 Å². The minimum absolute atomic E-state index is 0.175. The summed E-state index contributed by atoms with van der Waals surface area (Å²) in [5.74, 6) is -0.191. The largest absolute Gasteiger partial charge is 0.352 e. The molecule has 0 bridgehead atoms. The van der Waals surface area contributed by atoms with Gasteiger partial charge in [-0.2, -0.15) is 0 Å². The lowest BCUT2D eigenvalue weighted by Gasteiger charge is -2.21. The monoisotopic (exact) mass is 472 g/mol. The molecule has 0 radical (unpaired) electrons. The predicted octanol–water partition coefficient (Wildman–Crippen LogP) is 3.24. The fraction of sp³-hybridized carbons (Fsp3) is 0.357. The number of aromatic nitrogens is 2. The number of hydrogen-bond acceptors (Lipinski definition) is 4. The van der Waals surface area contributed by atoms with Crippen molar-refractivity contribution in [1.82, 2.24) is 19.8 Å². The number of carbonyl (C=O) groups is 2. The molecule has 1 saturated heterocycles. The highest BCUT2D eigenvalue weighted by molar-refractivity contribution is 5.95. The SMILES string of the molecule is Cc1ccccc1Cc1c(C(=O)NCCCN2CCCC2=O)c(=O)cc(C)n1Cc1ccncc1. The molecule has 3 heterocycles. The lowest BCUT2D eigenvalue weighted by atomic mass is 9.99. The van der Waals surface area contributed by atoms with Crippen LogP contribution in [-0.4, -0.2) is 45.9 Å². The van der Waals surface area contributed by atoms with Crippen LogP contribution in [0.15, 0.2) is 59.7 Å². The molecule has 3 aromatic rings. The standard InChI is InChI=1S/C28H32N4O3/c1-20-7-3-4-8-23(20)18-24-27(28(35)30-12-6-16-31-15-5-9-26(31)34)25(33)17-21(2)32(24)19-22-10-13-29-14-11-22/h3-4,7-8,10-11,13-14,17H,5-6,9,12,15-16,18-19H2,1-2H3,(H,30,35). The van der Waals surface area contributed by atoms with Crippen molar-refractivity contribution in [2.45, 2.75) is 46.1 Å². The molecule has 0 spiro atoms. The Morgan fingerprint density at radius 2 is 1.86 bits per heavy atom. The Labute approximate surface area is 205 Å². The van der Waals surface area contributed by atoms with Gasteiger partial charge in [0.25, 0.3) is 5.91 Å². The zero-order valence-corrected chi connectivity index (χ0v) is 20.4. The fourth-order valence-electron chi connectivity index (χ4n) is 4.64. The summed E-state index contributed by atoms with van der Waals surface area (Å²) in [6.07, 6.45) is 6.12. The van der Waals surface area contributed by atoms with Crippen LogP contribution in [0.25, 0.3) is 0 Å². The molecule has 0 aliphatic carbocycles. The lowest BCUT2D eigenvalue weighted by molar-refractivity contribution is -0.127. The molecule has 0 atom stereocenters. The number of hydrogen-bond donors (Lipinski definition) is 1. The molecule has 2 aromatic heterocycles. The number of nitrogens with one attached hydrogen (secondary N) is 1. The van der Waals surface area contributed by atoms with Crippen LogP contribution >= 0.6 is 0 Å². The average Bonchev–Trinajstić information content (AvgIpc) is 3.25. The maximum absolute atomic E-state index is 13.3. The van der Waals surface area contributed by atoms with Gasteiger partial charge in [0, 0.05) is 68.9 Å². The minimum atomic E-state index is -0.366. The Kier molecular flexibility index (Phi) is 7.75. The molecule has 4 rings (SSSR count). The van der Waals surface area contributed by atoms with E-state index in [9.17, 15) is 14.4 Å². The maximum atomic E-state index is 13.3. The first-order valence-electron chi connectivity index (χ1n) is 12.2. The zero-order valence-electron chi connectivity index (χ0n) is 20.4. The zero-order chi connectivity index (χ0) is 24.8. The summed E-state index contributed by atoms with van der Waals surface area (Å²) in [5, 5.41) is 2.93. The van der Waals surface area contributed by atoms with Crippen LogP contribution in [0.4, 0.5) is 0 Å². The Morgan fingerprint density at radius 3 is 2.57 bits per heavy atom. The van der Waals surface area contributed by atoms with Crippen LogP contribution in [0, 0.1) is 13.8 Å². The molecule has 35 heavy (non-hydrogen) atoms. The van der Waals surface area contributed by atoms with E-state index in [1.165, 1.54) is 0 Å². The summed E-state index contributed by atoms with van der Waals surface area (Å²) >= 11 is 0. The van der Waals surface area contributed by atoms with E-state index in [0.717, 1.165) is 35.3 Å². The van der Waals surface area contributed by atoms with Gasteiger partial charge in [-0.05, 0) is 55.5 Å². The first-order chi connectivity index (χ1) is 16.9. The maximum Gasteiger partial charge on any atom is 0.257 e. The lowest BCUT2D eigenvalue weighted by Crippen LogP contribution is -2.35. The van der Waals surface area contributed by atoms with Gasteiger partial charge in [-0.15, -0.1) is 0 Å². The molecule has 0 saturated carbocycles. The summed E-state index contributed by atoms with van der Waals surface area (Å²) in [6.45, 7) is 6.28. The van der Waals surface area contributed by atoms with E-state index in [4.69, 9.17) is 0 Å². The van der Waals surface area contributed by atoms with E-state index in [2.05, 4.69) is 14.9 Å². The Balaban J connectivity index is 1.63. The first kappa shape index (κ1) is 24.4. The number of amides is 2. The second-order valence-corrected chi connectivity index (χ2v) is 9.11. The van der Waals surface area contributed by atoms with Gasteiger partial charge in [0.2, 0.25) is 5.91 Å². The van der Waals surface area contributed by atoms with Gasteiger partial charge in [0.15, 0.2) is 5.43 Å². The minimum Gasteiger partial charge on any atom is -0.352 e. The normalized spacial score (nSPS) is 13.3. The molecular weight excluding hydrogens is 440 g/mol.